The summed E-state index contributed by atoms with van der Waals surface area (Å²) in [5.74, 6) is -1.32. The Morgan fingerprint density at radius 1 is 1.19 bits per heavy atom. The summed E-state index contributed by atoms with van der Waals surface area (Å²) in [7, 11) is 0. The number of aliphatic hydroxyl groups excluding tert-OH is 1. The lowest BCUT2D eigenvalue weighted by atomic mass is 9.96. The molecule has 2 aliphatic heterocycles. The zero-order valence-electron chi connectivity index (χ0n) is 18.7. The summed E-state index contributed by atoms with van der Waals surface area (Å²) in [5, 5.41) is 29.7. The molecule has 2 N–H and O–H groups in total. The molecule has 1 atom stereocenters. The number of aromatic hydroxyl groups is 1. The highest BCUT2D eigenvalue weighted by Crippen LogP contribution is 2.39. The van der Waals surface area contributed by atoms with Crippen LogP contribution in [0, 0.1) is 5.82 Å². The minimum atomic E-state index is -4.76. The van der Waals surface area contributed by atoms with E-state index in [4.69, 9.17) is 4.74 Å². The Hall–Kier alpha value is -3.35. The van der Waals surface area contributed by atoms with E-state index in [1.54, 1.807) is 18.2 Å². The molecule has 0 aliphatic carbocycles. The first-order chi connectivity index (χ1) is 17.2. The van der Waals surface area contributed by atoms with Crippen LogP contribution in [0.4, 0.5) is 22.7 Å². The van der Waals surface area contributed by atoms with Crippen molar-refractivity contribution < 1.29 is 32.5 Å². The van der Waals surface area contributed by atoms with E-state index in [2.05, 4.69) is 15.2 Å². The molecule has 5 rings (SSSR count). The van der Waals surface area contributed by atoms with Gasteiger partial charge in [-0.1, -0.05) is 23.5 Å². The molecule has 0 spiro atoms. The van der Waals surface area contributed by atoms with E-state index in [0.717, 1.165) is 23.5 Å². The van der Waals surface area contributed by atoms with Crippen LogP contribution in [0.25, 0.3) is 5.57 Å². The number of halogens is 4. The predicted molar refractivity (Wildman–Crippen MR) is 125 cm³/mol. The van der Waals surface area contributed by atoms with E-state index >= 15 is 0 Å². The third-order valence-electron chi connectivity index (χ3n) is 5.97. The average Bonchev–Trinajstić information content (AvgIpc) is 3.48. The quantitative estimate of drug-likeness (QED) is 0.505. The number of rotatable bonds is 5. The first-order valence-corrected chi connectivity index (χ1v) is 11.8. The number of hydrogen-bond donors (Lipinski definition) is 2. The first-order valence-electron chi connectivity index (χ1n) is 11.0. The van der Waals surface area contributed by atoms with Gasteiger partial charge in [0.15, 0.2) is 5.13 Å². The number of thiazole rings is 1. The zero-order chi connectivity index (χ0) is 25.4. The minimum Gasteiger partial charge on any atom is -0.492 e. The Morgan fingerprint density at radius 3 is 2.81 bits per heavy atom. The van der Waals surface area contributed by atoms with Gasteiger partial charge < -0.3 is 19.8 Å². The first kappa shape index (κ1) is 24.3. The lowest BCUT2D eigenvalue weighted by Gasteiger charge is -2.31. The maximum atomic E-state index is 13.8. The van der Waals surface area contributed by atoms with Crippen LogP contribution >= 0.6 is 11.3 Å². The van der Waals surface area contributed by atoms with Crippen LogP contribution in [0.15, 0.2) is 46.6 Å². The molecule has 188 valence electrons. The van der Waals surface area contributed by atoms with Gasteiger partial charge >= 0.3 is 6.18 Å². The molecule has 1 fully saturated rings. The number of alkyl halides is 3. The molecule has 0 bridgehead atoms. The fraction of sp³-hybridized carbons (Fsp3) is 0.292. The Balaban J connectivity index is 1.64. The number of fused-ring (bicyclic) bond motifs is 1. The van der Waals surface area contributed by atoms with Crippen LogP contribution in [0.3, 0.4) is 0 Å². The number of benzene rings is 2. The summed E-state index contributed by atoms with van der Waals surface area (Å²) < 4.78 is 60.5. The van der Waals surface area contributed by atoms with E-state index < -0.39 is 23.7 Å². The summed E-state index contributed by atoms with van der Waals surface area (Å²) in [6, 6.07) is 7.68. The van der Waals surface area contributed by atoms with Gasteiger partial charge in [0.2, 0.25) is 5.88 Å². The molecule has 12 heteroatoms. The number of hydrogen-bond acceptors (Lipinski definition) is 8. The van der Waals surface area contributed by atoms with Crippen molar-refractivity contribution in [3.63, 3.8) is 0 Å². The number of ether oxygens (including phenoxy) is 1. The van der Waals surface area contributed by atoms with E-state index in [-0.39, 0.29) is 24.5 Å². The van der Waals surface area contributed by atoms with E-state index in [0.29, 0.717) is 57.5 Å². The molecule has 3 aromatic rings. The van der Waals surface area contributed by atoms with Crippen molar-refractivity contribution in [1.82, 2.24) is 4.98 Å². The normalized spacial score (nSPS) is 18.2. The number of aromatic nitrogens is 1. The predicted octanol–water partition coefficient (Wildman–Crippen LogP) is 2.61. The summed E-state index contributed by atoms with van der Waals surface area (Å²) in [6.45, 7) is 1.01. The molecule has 36 heavy (non-hydrogen) atoms. The second-order valence-corrected chi connectivity index (χ2v) is 9.32. The third kappa shape index (κ3) is 4.84. The van der Waals surface area contributed by atoms with E-state index in [9.17, 15) is 27.8 Å². The standard InChI is InChI=1S/C24H20F4N4O3S/c25-16-3-1-14(19(9-16)24(26,27)28)8-18(13-2-4-20-15(7-13)10-29-31-20)21-22(34)30-23(36-21)32-5-6-35-17(11-32)12-33/h1-4,7,9-10,17,33-34H,5-6,8,11-12H2/t17-/m0/s1. The summed E-state index contributed by atoms with van der Waals surface area (Å²) in [4.78, 5) is 6.41. The van der Waals surface area contributed by atoms with Crippen LogP contribution < -0.4 is 15.5 Å². The Morgan fingerprint density at radius 2 is 2.03 bits per heavy atom. The number of nitrogens with zero attached hydrogens (tertiary/aromatic N) is 4. The lowest BCUT2D eigenvalue weighted by molar-refractivity contribution is -0.138. The highest BCUT2D eigenvalue weighted by atomic mass is 32.1. The van der Waals surface area contributed by atoms with Gasteiger partial charge in [0.05, 0.1) is 41.3 Å². The SMILES string of the molecule is OC[C@@H]1CN(c2nc(O)c(C(Cc3ccc(F)cc3C(F)(F)F)=c3ccc4c(c3)C=NN=4)s2)CCO1. The van der Waals surface area contributed by atoms with Gasteiger partial charge in [0, 0.05) is 25.1 Å². The third-order valence-corrected chi connectivity index (χ3v) is 7.13. The van der Waals surface area contributed by atoms with Gasteiger partial charge in [-0.2, -0.15) is 28.4 Å². The van der Waals surface area contributed by atoms with Crippen molar-refractivity contribution >= 4 is 28.3 Å². The molecular weight excluding hydrogens is 500 g/mol. The molecule has 3 heterocycles. The fourth-order valence-electron chi connectivity index (χ4n) is 4.20. The van der Waals surface area contributed by atoms with E-state index in [1.807, 2.05) is 4.90 Å². The zero-order valence-corrected chi connectivity index (χ0v) is 19.5. The van der Waals surface area contributed by atoms with Gasteiger partial charge in [0.1, 0.15) is 5.82 Å². The molecule has 0 amide bonds. The fourth-order valence-corrected chi connectivity index (χ4v) is 5.26. The van der Waals surface area contributed by atoms with Gasteiger partial charge in [-0.25, -0.2) is 4.39 Å². The maximum absolute atomic E-state index is 13.8. The highest BCUT2D eigenvalue weighted by Gasteiger charge is 2.34. The van der Waals surface area contributed by atoms with Crippen LogP contribution in [0.1, 0.15) is 21.6 Å². The van der Waals surface area contributed by atoms with Crippen LogP contribution in [-0.2, 0) is 17.3 Å². The van der Waals surface area contributed by atoms with Gasteiger partial charge in [-0.05, 0) is 40.6 Å². The molecule has 7 nitrogen and oxygen atoms in total. The monoisotopic (exact) mass is 520 g/mol. The van der Waals surface area contributed by atoms with E-state index in [1.165, 1.54) is 6.21 Å². The lowest BCUT2D eigenvalue weighted by Crippen LogP contribution is -2.44. The molecule has 2 aliphatic rings. The second-order valence-electron chi connectivity index (χ2n) is 8.34. The van der Waals surface area contributed by atoms with Gasteiger partial charge in [-0.3, -0.25) is 0 Å². The van der Waals surface area contributed by atoms with Crippen molar-refractivity contribution in [2.45, 2.75) is 18.7 Å². The van der Waals surface area contributed by atoms with Crippen molar-refractivity contribution in [3.8, 4) is 5.88 Å². The number of anilines is 1. The van der Waals surface area contributed by atoms with Crippen molar-refractivity contribution in [2.75, 3.05) is 31.2 Å². The molecule has 0 saturated carbocycles. The molecule has 0 radical (unpaired) electrons. The number of aliphatic hydroxyl groups is 1. The summed E-state index contributed by atoms with van der Waals surface area (Å²) >= 11 is 1.13. The number of morpholine rings is 1. The largest absolute Gasteiger partial charge is 0.492 e. The minimum absolute atomic E-state index is 0.140. The van der Waals surface area contributed by atoms with Crippen molar-refractivity contribution in [2.24, 2.45) is 10.2 Å². The van der Waals surface area contributed by atoms with Crippen LogP contribution in [0.5, 0.6) is 5.88 Å². The molecule has 0 unspecified atom stereocenters. The second kappa shape index (κ2) is 9.60. The van der Waals surface area contributed by atoms with Crippen molar-refractivity contribution in [3.05, 3.63) is 74.4 Å². The Kier molecular flexibility index (Phi) is 6.49. The highest BCUT2D eigenvalue weighted by molar-refractivity contribution is 7.17. The molecule has 2 aromatic carbocycles. The Labute approximate surface area is 206 Å². The summed E-state index contributed by atoms with van der Waals surface area (Å²) in [5.41, 5.74) is -0.147. The maximum Gasteiger partial charge on any atom is 0.416 e. The van der Waals surface area contributed by atoms with Crippen LogP contribution in [-0.4, -0.2) is 53.8 Å². The van der Waals surface area contributed by atoms with Crippen molar-refractivity contribution in [1.29, 1.82) is 0 Å². The van der Waals surface area contributed by atoms with Crippen LogP contribution in [0.2, 0.25) is 0 Å². The smallest absolute Gasteiger partial charge is 0.416 e. The topological polar surface area (TPSA) is 90.5 Å². The Bertz CT molecular complexity index is 1450. The molecular formula is C24H20F4N4O3S. The average molecular weight is 521 g/mol. The van der Waals surface area contributed by atoms with Gasteiger partial charge in [-0.15, -0.1) is 0 Å². The molecule has 1 saturated heterocycles. The molecule has 1 aromatic heterocycles. The van der Waals surface area contributed by atoms with Gasteiger partial charge in [0.25, 0.3) is 0 Å². The summed E-state index contributed by atoms with van der Waals surface area (Å²) in [6.07, 6.45) is -3.87.